The zero-order chi connectivity index (χ0) is 21.0. The van der Waals surface area contributed by atoms with Crippen LogP contribution in [0.4, 0.5) is 19.4 Å². The molecule has 0 saturated heterocycles. The number of pyridine rings is 1. The molecule has 0 spiro atoms. The molecule has 3 aromatic rings. The molecule has 0 atom stereocenters. The molecule has 29 heavy (non-hydrogen) atoms. The number of primary amides is 1. The Labute approximate surface area is 165 Å². The molecule has 2 amide bonds. The number of benzene rings is 2. The van der Waals surface area contributed by atoms with Crippen LogP contribution in [0.3, 0.4) is 0 Å². The molecule has 0 aliphatic heterocycles. The van der Waals surface area contributed by atoms with Crippen LogP contribution in [-0.2, 0) is 6.42 Å². The Morgan fingerprint density at radius 1 is 1.03 bits per heavy atom. The summed E-state index contributed by atoms with van der Waals surface area (Å²) in [5.74, 6) is -1.94. The first-order valence-electron chi connectivity index (χ1n) is 8.66. The van der Waals surface area contributed by atoms with Crippen molar-refractivity contribution in [1.82, 2.24) is 4.98 Å². The van der Waals surface area contributed by atoms with Gasteiger partial charge in [0.1, 0.15) is 17.5 Å². The second kappa shape index (κ2) is 8.47. The van der Waals surface area contributed by atoms with E-state index in [9.17, 15) is 23.5 Å². The van der Waals surface area contributed by atoms with Gasteiger partial charge in [-0.3, -0.25) is 9.69 Å². The molecule has 0 saturated carbocycles. The molecule has 1 heterocycles. The summed E-state index contributed by atoms with van der Waals surface area (Å²) >= 11 is 0. The van der Waals surface area contributed by atoms with Crippen LogP contribution in [0, 0.1) is 11.6 Å². The first kappa shape index (κ1) is 19.9. The lowest BCUT2D eigenvalue weighted by atomic mass is 10.0. The van der Waals surface area contributed by atoms with Crippen molar-refractivity contribution in [3.05, 3.63) is 83.6 Å². The topological polar surface area (TPSA) is 96.5 Å². The van der Waals surface area contributed by atoms with Gasteiger partial charge in [-0.05, 0) is 53.9 Å². The molecule has 3 N–H and O–H groups in total. The Hall–Kier alpha value is -3.81. The van der Waals surface area contributed by atoms with Gasteiger partial charge in [-0.25, -0.2) is 18.6 Å². The third-order valence-corrected chi connectivity index (χ3v) is 4.28. The van der Waals surface area contributed by atoms with E-state index >= 15 is 0 Å². The smallest absolute Gasteiger partial charge is 0.413 e. The fraction of sp³-hybridized carbons (Fsp3) is 0.0952. The van der Waals surface area contributed by atoms with E-state index < -0.39 is 23.6 Å². The zero-order valence-corrected chi connectivity index (χ0v) is 15.2. The minimum atomic E-state index is -1.27. The van der Waals surface area contributed by atoms with E-state index in [2.05, 4.69) is 4.98 Å². The number of carbonyl (C=O) groups excluding carboxylic acids is 1. The third kappa shape index (κ3) is 4.73. The molecule has 0 radical (unpaired) electrons. The van der Waals surface area contributed by atoms with Gasteiger partial charge in [0, 0.05) is 29.9 Å². The second-order valence-corrected chi connectivity index (χ2v) is 6.28. The summed E-state index contributed by atoms with van der Waals surface area (Å²) in [6.45, 7) is -0.0717. The second-order valence-electron chi connectivity index (χ2n) is 6.28. The highest BCUT2D eigenvalue weighted by Gasteiger charge is 2.20. The van der Waals surface area contributed by atoms with Crippen LogP contribution in [-0.4, -0.2) is 28.6 Å². The molecule has 0 unspecified atom stereocenters. The van der Waals surface area contributed by atoms with E-state index in [0.717, 1.165) is 23.1 Å². The largest absolute Gasteiger partial charge is 0.465 e. The fourth-order valence-corrected chi connectivity index (χ4v) is 2.97. The molecule has 0 bridgehead atoms. The van der Waals surface area contributed by atoms with Crippen molar-refractivity contribution in [2.75, 3.05) is 11.4 Å². The van der Waals surface area contributed by atoms with Crippen LogP contribution >= 0.6 is 0 Å². The number of halogens is 2. The number of carboxylic acid groups (broad SMARTS) is 1. The van der Waals surface area contributed by atoms with Crippen LogP contribution in [0.5, 0.6) is 0 Å². The Kier molecular flexibility index (Phi) is 5.82. The van der Waals surface area contributed by atoms with Crippen molar-refractivity contribution < 1.29 is 23.5 Å². The number of aromatic nitrogens is 1. The molecule has 8 heteroatoms. The fourth-order valence-electron chi connectivity index (χ4n) is 2.97. The molecule has 1 aromatic heterocycles. The molecule has 6 nitrogen and oxygen atoms in total. The zero-order valence-electron chi connectivity index (χ0n) is 15.2. The van der Waals surface area contributed by atoms with Gasteiger partial charge in [0.15, 0.2) is 0 Å². The summed E-state index contributed by atoms with van der Waals surface area (Å²) in [6, 6.07) is 12.8. The lowest BCUT2D eigenvalue weighted by Gasteiger charge is -2.21. The maximum Gasteiger partial charge on any atom is 0.413 e. The van der Waals surface area contributed by atoms with E-state index in [4.69, 9.17) is 5.73 Å². The van der Waals surface area contributed by atoms with Crippen LogP contribution in [0.1, 0.15) is 15.9 Å². The first-order chi connectivity index (χ1) is 13.8. The number of rotatable bonds is 6. The van der Waals surface area contributed by atoms with Crippen LogP contribution in [0.15, 0.2) is 60.8 Å². The van der Waals surface area contributed by atoms with Gasteiger partial charge < -0.3 is 10.8 Å². The molecule has 0 fully saturated rings. The summed E-state index contributed by atoms with van der Waals surface area (Å²) in [4.78, 5) is 28.5. The summed E-state index contributed by atoms with van der Waals surface area (Å²) in [6.07, 6.45) is 0.250. The Balaban J connectivity index is 1.95. The summed E-state index contributed by atoms with van der Waals surface area (Å²) < 4.78 is 26.8. The van der Waals surface area contributed by atoms with E-state index in [1.165, 1.54) is 6.20 Å². The van der Waals surface area contributed by atoms with Crippen LogP contribution in [0.2, 0.25) is 0 Å². The highest BCUT2D eigenvalue weighted by Crippen LogP contribution is 2.29. The summed E-state index contributed by atoms with van der Waals surface area (Å²) in [5, 5.41) is 9.69. The molecule has 2 aromatic carbocycles. The van der Waals surface area contributed by atoms with Crippen molar-refractivity contribution in [3.63, 3.8) is 0 Å². The average Bonchev–Trinajstić information content (AvgIpc) is 2.67. The maximum atomic E-state index is 13.4. The molecular formula is C21H17F2N3O3. The first-order valence-corrected chi connectivity index (χ1v) is 8.66. The monoisotopic (exact) mass is 397 g/mol. The van der Waals surface area contributed by atoms with Crippen molar-refractivity contribution in [2.24, 2.45) is 5.73 Å². The van der Waals surface area contributed by atoms with Gasteiger partial charge in [-0.2, -0.15) is 0 Å². The lowest BCUT2D eigenvalue weighted by molar-refractivity contribution is 0.1000. The van der Waals surface area contributed by atoms with Gasteiger partial charge in [-0.15, -0.1) is 0 Å². The van der Waals surface area contributed by atoms with E-state index in [1.54, 1.807) is 36.4 Å². The molecule has 148 valence electrons. The SMILES string of the molecule is NC(=O)c1cccc(-c2cccnc2N(CCc2cc(F)cc(F)c2)C(=O)O)c1. The predicted octanol–water partition coefficient (Wildman–Crippen LogP) is 3.85. The highest BCUT2D eigenvalue weighted by atomic mass is 19.1. The number of carbonyl (C=O) groups is 2. The van der Waals surface area contributed by atoms with Crippen molar-refractivity contribution in [2.45, 2.75) is 6.42 Å². The van der Waals surface area contributed by atoms with E-state index in [1.807, 2.05) is 0 Å². The van der Waals surface area contributed by atoms with Gasteiger partial charge in [-0.1, -0.05) is 12.1 Å². The molecule has 0 aliphatic carbocycles. The number of amides is 2. The Morgan fingerprint density at radius 3 is 2.41 bits per heavy atom. The maximum absolute atomic E-state index is 13.4. The number of nitrogens with zero attached hydrogens (tertiary/aromatic N) is 2. The summed E-state index contributed by atoms with van der Waals surface area (Å²) in [5.41, 5.74) is 6.95. The number of hydrogen-bond donors (Lipinski definition) is 2. The minimum Gasteiger partial charge on any atom is -0.465 e. The molecule has 3 rings (SSSR count). The molecule has 0 aliphatic rings. The average molecular weight is 397 g/mol. The summed E-state index contributed by atoms with van der Waals surface area (Å²) in [7, 11) is 0. The quantitative estimate of drug-likeness (QED) is 0.660. The van der Waals surface area contributed by atoms with Crippen molar-refractivity contribution in [3.8, 4) is 11.1 Å². The van der Waals surface area contributed by atoms with Crippen molar-refractivity contribution >= 4 is 17.8 Å². The highest BCUT2D eigenvalue weighted by molar-refractivity contribution is 5.96. The lowest BCUT2D eigenvalue weighted by Crippen LogP contribution is -2.32. The van der Waals surface area contributed by atoms with Gasteiger partial charge in [0.05, 0.1) is 0 Å². The van der Waals surface area contributed by atoms with Crippen molar-refractivity contribution in [1.29, 1.82) is 0 Å². The minimum absolute atomic E-state index is 0.0717. The number of hydrogen-bond acceptors (Lipinski definition) is 3. The molecular weight excluding hydrogens is 380 g/mol. The van der Waals surface area contributed by atoms with Gasteiger partial charge in [0.25, 0.3) is 0 Å². The predicted molar refractivity (Wildman–Crippen MR) is 104 cm³/mol. The standard InChI is InChI=1S/C21H17F2N3O3/c22-16-9-13(10-17(23)12-16)6-8-26(21(28)29)20-18(5-2-7-25-20)14-3-1-4-15(11-14)19(24)27/h1-5,7,9-12H,6,8H2,(H2,24,27)(H,28,29). The van der Waals surface area contributed by atoms with Gasteiger partial charge >= 0.3 is 6.09 Å². The van der Waals surface area contributed by atoms with E-state index in [0.29, 0.717) is 16.7 Å². The normalized spacial score (nSPS) is 10.6. The van der Waals surface area contributed by atoms with Crippen LogP contribution in [0.25, 0.3) is 11.1 Å². The third-order valence-electron chi connectivity index (χ3n) is 4.28. The van der Waals surface area contributed by atoms with E-state index in [-0.39, 0.29) is 24.3 Å². The van der Waals surface area contributed by atoms with Crippen LogP contribution < -0.4 is 10.6 Å². The van der Waals surface area contributed by atoms with Gasteiger partial charge in [0.2, 0.25) is 5.91 Å². The number of nitrogens with two attached hydrogens (primary N) is 1. The Morgan fingerprint density at radius 2 is 1.76 bits per heavy atom. The Bertz CT molecular complexity index is 1050. The number of anilines is 1.